The molecule has 2 heteroatoms. The summed E-state index contributed by atoms with van der Waals surface area (Å²) in [5.41, 5.74) is 14.5. The monoisotopic (exact) mass is 639 g/mol. The minimum absolute atomic E-state index is 0.891. The average Bonchev–Trinajstić information content (AvgIpc) is 3.57. The van der Waals surface area contributed by atoms with Crippen LogP contribution in [0.25, 0.3) is 66.4 Å². The van der Waals surface area contributed by atoms with Gasteiger partial charge in [0.05, 0.1) is 0 Å². The summed E-state index contributed by atoms with van der Waals surface area (Å²) in [7, 11) is 0. The summed E-state index contributed by atoms with van der Waals surface area (Å²) in [4.78, 5) is 2.34. The molecule has 0 bridgehead atoms. The largest absolute Gasteiger partial charge is 0.456 e. The molecule has 0 atom stereocenters. The van der Waals surface area contributed by atoms with E-state index in [1.54, 1.807) is 0 Å². The van der Waals surface area contributed by atoms with Crippen LogP contribution in [0.5, 0.6) is 0 Å². The van der Waals surface area contributed by atoms with E-state index in [9.17, 15) is 0 Å². The first-order chi connectivity index (χ1) is 24.8. The lowest BCUT2D eigenvalue weighted by Gasteiger charge is -2.26. The first-order valence-corrected chi connectivity index (χ1v) is 17.0. The second-order valence-electron chi connectivity index (χ2n) is 12.6. The maximum atomic E-state index is 6.36. The molecule has 0 unspecified atom stereocenters. The molecule has 9 rings (SSSR count). The number of rotatable bonds is 7. The minimum atomic E-state index is 0.891. The Balaban J connectivity index is 1.16. The van der Waals surface area contributed by atoms with Crippen molar-refractivity contribution in [1.29, 1.82) is 0 Å². The van der Waals surface area contributed by atoms with Crippen LogP contribution in [0.4, 0.5) is 17.1 Å². The standard InChI is InChI=1S/C48H33NO/c1-4-13-34(14-5-1)36-23-27-40(28-24-36)49(42-20-12-19-39(31-42)35-15-6-2-7-16-35)41-29-25-38(26-30-41)45-33-48-46(43-21-10-11-22-47(43)50-48)32-44(45)37-17-8-3-9-18-37/h1-33H. The topological polar surface area (TPSA) is 16.4 Å². The molecule has 0 amide bonds. The second-order valence-corrected chi connectivity index (χ2v) is 12.6. The number of fused-ring (bicyclic) bond motifs is 3. The Labute approximate surface area is 292 Å². The molecule has 236 valence electrons. The van der Waals surface area contributed by atoms with Gasteiger partial charge in [-0.1, -0.05) is 146 Å². The summed E-state index contributed by atoms with van der Waals surface area (Å²) in [5, 5.41) is 2.26. The van der Waals surface area contributed by atoms with Crippen molar-refractivity contribution in [3.8, 4) is 44.5 Å². The van der Waals surface area contributed by atoms with Gasteiger partial charge >= 0.3 is 0 Å². The van der Waals surface area contributed by atoms with Crippen LogP contribution >= 0.6 is 0 Å². The van der Waals surface area contributed by atoms with E-state index in [0.717, 1.165) is 50.1 Å². The van der Waals surface area contributed by atoms with E-state index in [0.29, 0.717) is 0 Å². The number of anilines is 3. The van der Waals surface area contributed by atoms with Crippen LogP contribution in [0, 0.1) is 0 Å². The molecule has 8 aromatic carbocycles. The van der Waals surface area contributed by atoms with E-state index < -0.39 is 0 Å². The number of para-hydroxylation sites is 1. The Hall–Kier alpha value is -6.64. The van der Waals surface area contributed by atoms with E-state index in [1.165, 1.54) is 33.4 Å². The summed E-state index contributed by atoms with van der Waals surface area (Å²) < 4.78 is 6.36. The third-order valence-electron chi connectivity index (χ3n) is 9.48. The number of hydrogen-bond donors (Lipinski definition) is 0. The number of benzene rings is 8. The predicted octanol–water partition coefficient (Wildman–Crippen LogP) is 13.7. The highest BCUT2D eigenvalue weighted by atomic mass is 16.3. The van der Waals surface area contributed by atoms with Crippen molar-refractivity contribution in [1.82, 2.24) is 0 Å². The van der Waals surface area contributed by atoms with Gasteiger partial charge in [0, 0.05) is 27.8 Å². The Morgan fingerprint density at radius 2 is 0.760 bits per heavy atom. The van der Waals surface area contributed by atoms with E-state index >= 15 is 0 Å². The van der Waals surface area contributed by atoms with Crippen molar-refractivity contribution >= 4 is 39.0 Å². The lowest BCUT2D eigenvalue weighted by atomic mass is 9.92. The van der Waals surface area contributed by atoms with E-state index in [4.69, 9.17) is 4.42 Å². The molecule has 50 heavy (non-hydrogen) atoms. The summed E-state index contributed by atoms with van der Waals surface area (Å²) >= 11 is 0. The number of nitrogens with zero attached hydrogens (tertiary/aromatic N) is 1. The zero-order valence-electron chi connectivity index (χ0n) is 27.4. The van der Waals surface area contributed by atoms with Crippen LogP contribution < -0.4 is 4.90 Å². The smallest absolute Gasteiger partial charge is 0.136 e. The maximum Gasteiger partial charge on any atom is 0.136 e. The van der Waals surface area contributed by atoms with Gasteiger partial charge in [0.25, 0.3) is 0 Å². The van der Waals surface area contributed by atoms with Crippen molar-refractivity contribution in [2.24, 2.45) is 0 Å². The van der Waals surface area contributed by atoms with E-state index in [-0.39, 0.29) is 0 Å². The third kappa shape index (κ3) is 5.53. The first-order valence-electron chi connectivity index (χ1n) is 17.0. The van der Waals surface area contributed by atoms with Crippen LogP contribution in [-0.4, -0.2) is 0 Å². The lowest BCUT2D eigenvalue weighted by Crippen LogP contribution is -2.10. The fourth-order valence-electron chi connectivity index (χ4n) is 6.99. The molecular formula is C48H33NO. The molecule has 0 aliphatic carbocycles. The fourth-order valence-corrected chi connectivity index (χ4v) is 6.99. The average molecular weight is 640 g/mol. The molecule has 1 heterocycles. The van der Waals surface area contributed by atoms with Crippen LogP contribution in [0.3, 0.4) is 0 Å². The van der Waals surface area contributed by atoms with Gasteiger partial charge in [-0.2, -0.15) is 0 Å². The van der Waals surface area contributed by atoms with Gasteiger partial charge in [-0.25, -0.2) is 0 Å². The molecule has 0 aliphatic heterocycles. The summed E-state index contributed by atoms with van der Waals surface area (Å²) in [6.07, 6.45) is 0. The lowest BCUT2D eigenvalue weighted by molar-refractivity contribution is 0.669. The van der Waals surface area contributed by atoms with E-state index in [2.05, 4.69) is 193 Å². The highest BCUT2D eigenvalue weighted by Crippen LogP contribution is 2.42. The minimum Gasteiger partial charge on any atom is -0.456 e. The molecule has 0 aliphatic rings. The van der Waals surface area contributed by atoms with Gasteiger partial charge in [0.15, 0.2) is 0 Å². The van der Waals surface area contributed by atoms with Gasteiger partial charge in [0.1, 0.15) is 11.2 Å². The maximum absolute atomic E-state index is 6.36. The van der Waals surface area contributed by atoms with Crippen molar-refractivity contribution < 1.29 is 4.42 Å². The van der Waals surface area contributed by atoms with Crippen molar-refractivity contribution in [3.63, 3.8) is 0 Å². The Morgan fingerprint density at radius 1 is 0.280 bits per heavy atom. The zero-order valence-corrected chi connectivity index (χ0v) is 27.4. The van der Waals surface area contributed by atoms with Gasteiger partial charge in [-0.05, 0) is 99.1 Å². The van der Waals surface area contributed by atoms with Gasteiger partial charge in [-0.3, -0.25) is 0 Å². The molecule has 0 N–H and O–H groups in total. The van der Waals surface area contributed by atoms with Crippen LogP contribution in [0.2, 0.25) is 0 Å². The van der Waals surface area contributed by atoms with Crippen molar-refractivity contribution in [3.05, 3.63) is 200 Å². The molecule has 9 aromatic rings. The molecule has 0 saturated carbocycles. The highest BCUT2D eigenvalue weighted by Gasteiger charge is 2.17. The molecule has 0 fully saturated rings. The van der Waals surface area contributed by atoms with Gasteiger partial charge < -0.3 is 9.32 Å². The van der Waals surface area contributed by atoms with Gasteiger partial charge in [0.2, 0.25) is 0 Å². The molecule has 2 nitrogen and oxygen atoms in total. The Kier molecular flexibility index (Phi) is 7.53. The third-order valence-corrected chi connectivity index (χ3v) is 9.48. The predicted molar refractivity (Wildman–Crippen MR) is 210 cm³/mol. The van der Waals surface area contributed by atoms with Crippen LogP contribution in [0.1, 0.15) is 0 Å². The molecule has 0 spiro atoms. The quantitative estimate of drug-likeness (QED) is 0.173. The highest BCUT2D eigenvalue weighted by molar-refractivity contribution is 6.08. The van der Waals surface area contributed by atoms with Gasteiger partial charge in [-0.15, -0.1) is 0 Å². The molecule has 0 saturated heterocycles. The Bertz CT molecular complexity index is 2550. The normalized spacial score (nSPS) is 11.2. The second kappa shape index (κ2) is 12.8. The summed E-state index contributed by atoms with van der Waals surface area (Å²) in [6, 6.07) is 71.1. The summed E-state index contributed by atoms with van der Waals surface area (Å²) in [5.74, 6) is 0. The van der Waals surface area contributed by atoms with E-state index in [1.807, 2.05) is 12.1 Å². The number of hydrogen-bond acceptors (Lipinski definition) is 2. The van der Waals surface area contributed by atoms with Crippen LogP contribution in [0.15, 0.2) is 205 Å². The Morgan fingerprint density at radius 3 is 1.42 bits per heavy atom. The summed E-state index contributed by atoms with van der Waals surface area (Å²) in [6.45, 7) is 0. The SMILES string of the molecule is c1ccc(-c2ccc(N(c3ccc(-c4cc5oc6ccccc6c5cc4-c4ccccc4)cc3)c3cccc(-c4ccccc4)c3)cc2)cc1. The molecule has 1 aromatic heterocycles. The zero-order chi connectivity index (χ0) is 33.3. The first kappa shape index (κ1) is 29.5. The molecule has 0 radical (unpaired) electrons. The van der Waals surface area contributed by atoms with Crippen LogP contribution in [-0.2, 0) is 0 Å². The molecular weight excluding hydrogens is 607 g/mol. The van der Waals surface area contributed by atoms with Crippen molar-refractivity contribution in [2.75, 3.05) is 4.90 Å². The van der Waals surface area contributed by atoms with Crippen molar-refractivity contribution in [2.45, 2.75) is 0 Å². The number of furan rings is 1. The fraction of sp³-hybridized carbons (Fsp3) is 0.